The average molecular weight is 496 g/mol. The van der Waals surface area contributed by atoms with Crippen LogP contribution >= 0.6 is 27.3 Å². The van der Waals surface area contributed by atoms with Gasteiger partial charge in [-0.1, -0.05) is 64.5 Å². The predicted molar refractivity (Wildman–Crippen MR) is 141 cm³/mol. The van der Waals surface area contributed by atoms with Gasteiger partial charge in [-0.2, -0.15) is 0 Å². The summed E-state index contributed by atoms with van der Waals surface area (Å²) in [5.74, 6) is 0.225. The number of aromatic hydroxyl groups is 1. The van der Waals surface area contributed by atoms with E-state index in [1.807, 2.05) is 12.1 Å². The number of halogens is 1. The molecule has 0 atom stereocenters. The van der Waals surface area contributed by atoms with E-state index in [4.69, 9.17) is 0 Å². The molecule has 32 heavy (non-hydrogen) atoms. The van der Waals surface area contributed by atoms with E-state index < -0.39 is 0 Å². The second-order valence-electron chi connectivity index (χ2n) is 7.78. The van der Waals surface area contributed by atoms with Crippen molar-refractivity contribution in [3.63, 3.8) is 0 Å². The summed E-state index contributed by atoms with van der Waals surface area (Å²) in [7, 11) is 0. The number of anilines is 3. The number of hydrogen-bond donors (Lipinski definition) is 1. The number of fused-ring (bicyclic) bond motifs is 4. The van der Waals surface area contributed by atoms with E-state index in [9.17, 15) is 5.11 Å². The lowest BCUT2D eigenvalue weighted by Crippen LogP contribution is -2.10. The topological polar surface area (TPSA) is 23.5 Å². The van der Waals surface area contributed by atoms with Gasteiger partial charge in [-0.3, -0.25) is 0 Å². The van der Waals surface area contributed by atoms with Crippen molar-refractivity contribution < 1.29 is 5.11 Å². The van der Waals surface area contributed by atoms with Crippen LogP contribution in [-0.4, -0.2) is 5.11 Å². The number of phenols is 1. The lowest BCUT2D eigenvalue weighted by atomic mass is 10.1. The Balaban J connectivity index is 1.61. The molecule has 2 nitrogen and oxygen atoms in total. The molecule has 5 aromatic carbocycles. The average Bonchev–Trinajstić information content (AvgIpc) is 3.19. The lowest BCUT2D eigenvalue weighted by molar-refractivity contribution is 0.476. The normalized spacial score (nSPS) is 11.4. The van der Waals surface area contributed by atoms with Crippen molar-refractivity contribution in [1.29, 1.82) is 0 Å². The lowest BCUT2D eigenvalue weighted by Gasteiger charge is -2.26. The van der Waals surface area contributed by atoms with Crippen LogP contribution in [0.4, 0.5) is 17.1 Å². The molecule has 0 amide bonds. The molecular formula is C28H18BrNOS. The van der Waals surface area contributed by atoms with Gasteiger partial charge in [0.2, 0.25) is 0 Å². The van der Waals surface area contributed by atoms with Crippen LogP contribution in [0.15, 0.2) is 108 Å². The highest BCUT2D eigenvalue weighted by atomic mass is 79.9. The van der Waals surface area contributed by atoms with Crippen molar-refractivity contribution in [2.75, 3.05) is 4.90 Å². The van der Waals surface area contributed by atoms with E-state index >= 15 is 0 Å². The van der Waals surface area contributed by atoms with Gasteiger partial charge in [-0.15, -0.1) is 11.3 Å². The maximum atomic E-state index is 10.9. The maximum absolute atomic E-state index is 10.9. The largest absolute Gasteiger partial charge is 0.506 e. The fraction of sp³-hybridized carbons (Fsp3) is 0. The molecule has 0 saturated carbocycles. The Hall–Kier alpha value is -3.34. The highest BCUT2D eigenvalue weighted by Gasteiger charge is 2.18. The Kier molecular flexibility index (Phi) is 4.63. The quantitative estimate of drug-likeness (QED) is 0.264. The van der Waals surface area contributed by atoms with Crippen LogP contribution in [-0.2, 0) is 0 Å². The van der Waals surface area contributed by atoms with Crippen LogP contribution in [0.25, 0.3) is 30.9 Å². The minimum absolute atomic E-state index is 0.225. The third kappa shape index (κ3) is 3.24. The minimum Gasteiger partial charge on any atom is -0.506 e. The van der Waals surface area contributed by atoms with Crippen LogP contribution in [0.2, 0.25) is 0 Å². The summed E-state index contributed by atoms with van der Waals surface area (Å²) >= 11 is 5.27. The van der Waals surface area contributed by atoms with Crippen LogP contribution in [0.1, 0.15) is 0 Å². The van der Waals surface area contributed by atoms with Gasteiger partial charge in [0, 0.05) is 36.0 Å². The Bertz CT molecular complexity index is 1620. The highest BCUT2D eigenvalue weighted by Crippen LogP contribution is 2.44. The second kappa shape index (κ2) is 7.66. The molecule has 6 aromatic rings. The third-order valence-corrected chi connectivity index (χ3v) is 7.43. The van der Waals surface area contributed by atoms with Crippen molar-refractivity contribution in [2.45, 2.75) is 0 Å². The van der Waals surface area contributed by atoms with E-state index in [0.29, 0.717) is 0 Å². The van der Waals surface area contributed by atoms with E-state index in [1.165, 1.54) is 25.6 Å². The van der Waals surface area contributed by atoms with Crippen molar-refractivity contribution in [3.8, 4) is 5.75 Å². The Morgan fingerprint density at radius 2 is 1.34 bits per heavy atom. The molecule has 4 heteroatoms. The fourth-order valence-electron chi connectivity index (χ4n) is 4.28. The number of hydrogen-bond acceptors (Lipinski definition) is 3. The van der Waals surface area contributed by atoms with Crippen molar-refractivity contribution in [3.05, 3.63) is 108 Å². The molecule has 0 aliphatic rings. The van der Waals surface area contributed by atoms with Crippen molar-refractivity contribution >= 4 is 75.3 Å². The molecule has 0 spiro atoms. The molecular weight excluding hydrogens is 478 g/mol. The number of phenolic OH excluding ortho intramolecular Hbond substituents is 1. The summed E-state index contributed by atoms with van der Waals surface area (Å²) < 4.78 is 3.38. The summed E-state index contributed by atoms with van der Waals surface area (Å²) in [6.45, 7) is 0. The Labute approximate surface area is 198 Å². The third-order valence-electron chi connectivity index (χ3n) is 5.79. The van der Waals surface area contributed by atoms with Gasteiger partial charge >= 0.3 is 0 Å². The second-order valence-corrected chi connectivity index (χ2v) is 9.78. The first-order chi connectivity index (χ1) is 15.7. The van der Waals surface area contributed by atoms with Crippen LogP contribution in [0.5, 0.6) is 5.75 Å². The smallest absolute Gasteiger partial charge is 0.140 e. The van der Waals surface area contributed by atoms with Gasteiger partial charge in [0.15, 0.2) is 0 Å². The van der Waals surface area contributed by atoms with Gasteiger partial charge in [0.1, 0.15) is 5.75 Å². The number of rotatable bonds is 3. The molecule has 0 bridgehead atoms. The van der Waals surface area contributed by atoms with Gasteiger partial charge in [-0.05, 0) is 65.4 Å². The maximum Gasteiger partial charge on any atom is 0.140 e. The molecule has 1 aromatic heterocycles. The monoisotopic (exact) mass is 495 g/mol. The molecule has 0 aliphatic carbocycles. The zero-order valence-electron chi connectivity index (χ0n) is 17.0. The molecule has 0 aliphatic heterocycles. The zero-order chi connectivity index (χ0) is 21.7. The molecule has 6 rings (SSSR count). The van der Waals surface area contributed by atoms with Gasteiger partial charge in [0.25, 0.3) is 0 Å². The number of thiophene rings is 1. The molecule has 1 N–H and O–H groups in total. The fourth-order valence-corrected chi connectivity index (χ4v) is 5.72. The van der Waals surface area contributed by atoms with Crippen LogP contribution in [0.3, 0.4) is 0 Å². The standard InChI is InChI=1S/C28H18BrNOS/c29-20-10-13-25(26(31)16-20)30(21-11-9-18-5-1-2-6-19(18)15-21)22-12-14-28-24(17-22)23-7-3-4-8-27(23)32-28/h1-17,31H. The van der Waals surface area contributed by atoms with Gasteiger partial charge < -0.3 is 10.0 Å². The molecule has 1 heterocycles. The molecule has 154 valence electrons. The minimum atomic E-state index is 0.225. The first-order valence-corrected chi connectivity index (χ1v) is 12.0. The Morgan fingerprint density at radius 1 is 0.625 bits per heavy atom. The van der Waals surface area contributed by atoms with Crippen LogP contribution in [0, 0.1) is 0 Å². The van der Waals surface area contributed by atoms with Crippen molar-refractivity contribution in [1.82, 2.24) is 0 Å². The highest BCUT2D eigenvalue weighted by molar-refractivity contribution is 9.10. The molecule has 0 fully saturated rings. The first-order valence-electron chi connectivity index (χ1n) is 10.4. The predicted octanol–water partition coefficient (Wildman–Crippen LogP) is 9.15. The van der Waals surface area contributed by atoms with Crippen molar-refractivity contribution in [2.24, 2.45) is 0 Å². The van der Waals surface area contributed by atoms with E-state index in [0.717, 1.165) is 26.9 Å². The summed E-state index contributed by atoms with van der Waals surface area (Å²) in [4.78, 5) is 2.13. The van der Waals surface area contributed by atoms with E-state index in [1.54, 1.807) is 17.4 Å². The Morgan fingerprint density at radius 3 is 2.22 bits per heavy atom. The first kappa shape index (κ1) is 19.4. The molecule has 0 radical (unpaired) electrons. The summed E-state index contributed by atoms with van der Waals surface area (Å²) in [5.41, 5.74) is 2.75. The van der Waals surface area contributed by atoms with Gasteiger partial charge in [0.05, 0.1) is 5.69 Å². The summed E-state index contributed by atoms with van der Waals surface area (Å²) in [6.07, 6.45) is 0. The molecule has 0 saturated heterocycles. The zero-order valence-corrected chi connectivity index (χ0v) is 19.4. The SMILES string of the molecule is Oc1cc(Br)ccc1N(c1ccc2ccccc2c1)c1ccc2sc3ccccc3c2c1. The number of nitrogens with zero attached hydrogens (tertiary/aromatic N) is 1. The number of benzene rings is 5. The van der Waals surface area contributed by atoms with Gasteiger partial charge in [-0.25, -0.2) is 0 Å². The van der Waals surface area contributed by atoms with E-state index in [-0.39, 0.29) is 5.75 Å². The van der Waals surface area contributed by atoms with E-state index in [2.05, 4.69) is 106 Å². The summed E-state index contributed by atoms with van der Waals surface area (Å²) in [6, 6.07) is 35.5. The molecule has 0 unspecified atom stereocenters. The van der Waals surface area contributed by atoms with Crippen LogP contribution < -0.4 is 4.90 Å². The summed E-state index contributed by atoms with van der Waals surface area (Å²) in [5, 5.41) is 15.7.